The number of aliphatic hydroxyl groups is 1. The van der Waals surface area contributed by atoms with Gasteiger partial charge >= 0.3 is 6.03 Å². The van der Waals surface area contributed by atoms with E-state index in [0.717, 1.165) is 0 Å². The van der Waals surface area contributed by atoms with E-state index in [0.29, 0.717) is 65.4 Å². The average molecular weight is 791 g/mol. The number of unbranched alkanes of at least 4 members (excludes halogenated alkanes) is 1. The summed E-state index contributed by atoms with van der Waals surface area (Å²) in [7, 11) is 0. The van der Waals surface area contributed by atoms with Crippen LogP contribution >= 0.6 is 11.6 Å². The van der Waals surface area contributed by atoms with E-state index < -0.39 is 23.7 Å². The number of aromatic nitrogens is 2. The third kappa shape index (κ3) is 11.0. The topological polar surface area (TPSA) is 197 Å². The highest BCUT2D eigenvalue weighted by atomic mass is 35.5. The number of nitrogens with zero attached hydrogens (tertiary/aromatic N) is 2. The molecule has 2 unspecified atom stereocenters. The number of hydrogen-bond acceptors (Lipinski definition) is 10. The van der Waals surface area contributed by atoms with Gasteiger partial charge < -0.3 is 26.4 Å². The van der Waals surface area contributed by atoms with Crippen LogP contribution in [0.25, 0.3) is 0 Å². The Kier molecular flexibility index (Phi) is 14.4. The van der Waals surface area contributed by atoms with Crippen LogP contribution in [0.5, 0.6) is 0 Å². The van der Waals surface area contributed by atoms with Gasteiger partial charge in [0, 0.05) is 77.4 Å². The highest BCUT2D eigenvalue weighted by Crippen LogP contribution is 2.38. The first-order valence-electron chi connectivity index (χ1n) is 18.5. The van der Waals surface area contributed by atoms with Crippen LogP contribution < -0.4 is 21.3 Å². The number of halogens is 1. The molecular weight excluding hydrogens is 748 g/mol. The zero-order valence-corrected chi connectivity index (χ0v) is 32.5. The van der Waals surface area contributed by atoms with Crippen molar-refractivity contribution in [2.75, 3.05) is 29.0 Å². The van der Waals surface area contributed by atoms with Crippen molar-refractivity contribution < 1.29 is 33.9 Å². The number of pyridine rings is 2. The van der Waals surface area contributed by atoms with Gasteiger partial charge in [-0.3, -0.25) is 24.0 Å². The second kappa shape index (κ2) is 19.6. The van der Waals surface area contributed by atoms with Crippen molar-refractivity contribution in [2.24, 2.45) is 17.8 Å². The van der Waals surface area contributed by atoms with E-state index in [1.54, 1.807) is 68.4 Å². The van der Waals surface area contributed by atoms with Crippen molar-refractivity contribution in [3.8, 4) is 11.8 Å². The summed E-state index contributed by atoms with van der Waals surface area (Å²) in [4.78, 5) is 85.4. The number of Topliss-reactive ketones (excluding diaryl/α,β-unsaturated/α-hetero) is 4. The predicted molar refractivity (Wildman–Crippen MR) is 216 cm³/mol. The molecule has 294 valence electrons. The number of urea groups is 1. The summed E-state index contributed by atoms with van der Waals surface area (Å²) >= 11 is 5.92. The molecule has 0 bridgehead atoms. The van der Waals surface area contributed by atoms with Crippen LogP contribution in [0.2, 0.25) is 5.15 Å². The molecule has 57 heavy (non-hydrogen) atoms. The summed E-state index contributed by atoms with van der Waals surface area (Å²) in [6.07, 6.45) is 4.44. The van der Waals surface area contributed by atoms with Crippen LogP contribution in [0.3, 0.4) is 0 Å². The Hall–Kier alpha value is -6.23. The molecule has 0 radical (unpaired) electrons. The van der Waals surface area contributed by atoms with Gasteiger partial charge in [0.15, 0.2) is 11.6 Å². The lowest BCUT2D eigenvalue weighted by molar-refractivity contribution is -0.124. The van der Waals surface area contributed by atoms with Gasteiger partial charge in [-0.15, -0.1) is 0 Å². The van der Waals surface area contributed by atoms with Gasteiger partial charge in [-0.05, 0) is 74.6 Å². The second-order valence-corrected chi connectivity index (χ2v) is 14.3. The van der Waals surface area contributed by atoms with E-state index in [-0.39, 0.29) is 64.9 Å². The van der Waals surface area contributed by atoms with E-state index in [1.165, 1.54) is 25.4 Å². The summed E-state index contributed by atoms with van der Waals surface area (Å²) in [5.74, 6) is 2.40. The molecule has 2 atom stereocenters. The number of hydrogen-bond donors (Lipinski definition) is 5. The SMILES string of the molecule is CC(=O)C(CCC(=O)C(C)C)C1C(=O)c2cccc(NCCCCNC(=O)c3cccc(C#Cc4cc(NC(=O)Nc5cc(Cl)ncc5CO)ccn4)c3)c2C1=O. The molecule has 5 rings (SSSR count). The van der Waals surface area contributed by atoms with Gasteiger partial charge in [-0.25, -0.2) is 14.8 Å². The Morgan fingerprint density at radius 1 is 0.895 bits per heavy atom. The van der Waals surface area contributed by atoms with Crippen LogP contribution in [0.4, 0.5) is 21.9 Å². The Morgan fingerprint density at radius 2 is 1.67 bits per heavy atom. The van der Waals surface area contributed by atoms with Crippen molar-refractivity contribution in [3.05, 3.63) is 112 Å². The molecule has 5 N–H and O–H groups in total. The third-order valence-corrected chi connectivity index (χ3v) is 9.67. The molecule has 1 aliphatic rings. The number of aliphatic hydroxyl groups excluding tert-OH is 1. The first-order valence-corrected chi connectivity index (χ1v) is 18.9. The van der Waals surface area contributed by atoms with Crippen LogP contribution in [0, 0.1) is 29.6 Å². The maximum Gasteiger partial charge on any atom is 0.323 e. The lowest BCUT2D eigenvalue weighted by Gasteiger charge is -2.19. The van der Waals surface area contributed by atoms with Gasteiger partial charge in [0.05, 0.1) is 23.8 Å². The van der Waals surface area contributed by atoms with Crippen LogP contribution in [0.1, 0.15) is 94.3 Å². The highest BCUT2D eigenvalue weighted by Gasteiger charge is 2.46. The first kappa shape index (κ1) is 41.9. The summed E-state index contributed by atoms with van der Waals surface area (Å²) in [5.41, 5.74) is 3.61. The van der Waals surface area contributed by atoms with E-state index in [2.05, 4.69) is 43.1 Å². The molecule has 2 heterocycles. The molecule has 1 aliphatic carbocycles. The maximum absolute atomic E-state index is 13.6. The monoisotopic (exact) mass is 790 g/mol. The maximum atomic E-state index is 13.6. The molecule has 13 nitrogen and oxygen atoms in total. The molecule has 0 fully saturated rings. The molecule has 14 heteroatoms. The molecule has 2 aromatic carbocycles. The highest BCUT2D eigenvalue weighted by molar-refractivity contribution is 6.30. The van der Waals surface area contributed by atoms with E-state index >= 15 is 0 Å². The number of rotatable bonds is 16. The van der Waals surface area contributed by atoms with Crippen molar-refractivity contribution in [3.63, 3.8) is 0 Å². The molecule has 3 amide bonds. The number of anilines is 3. The quantitative estimate of drug-likeness (QED) is 0.0362. The van der Waals surface area contributed by atoms with Crippen molar-refractivity contribution in [1.82, 2.24) is 15.3 Å². The number of amides is 3. The molecule has 0 saturated heterocycles. The Morgan fingerprint density at radius 3 is 2.42 bits per heavy atom. The number of ketones is 4. The zero-order valence-electron chi connectivity index (χ0n) is 31.8. The lowest BCUT2D eigenvalue weighted by Crippen LogP contribution is -2.31. The smallest absolute Gasteiger partial charge is 0.323 e. The Balaban J connectivity index is 1.10. The molecule has 2 aromatic heterocycles. The summed E-state index contributed by atoms with van der Waals surface area (Å²) in [6.45, 7) is 5.46. The molecule has 0 saturated carbocycles. The molecule has 0 aliphatic heterocycles. The molecular formula is C43H43ClN6O7. The zero-order chi connectivity index (χ0) is 41.1. The number of carbonyl (C=O) groups is 6. The Bertz CT molecular complexity index is 2260. The first-order chi connectivity index (χ1) is 27.4. The summed E-state index contributed by atoms with van der Waals surface area (Å²) < 4.78 is 0. The van der Waals surface area contributed by atoms with E-state index in [1.807, 2.05) is 0 Å². The number of carbonyl (C=O) groups excluding carboxylic acids is 6. The largest absolute Gasteiger partial charge is 0.392 e. The number of fused-ring (bicyclic) bond motifs is 1. The minimum Gasteiger partial charge on any atom is -0.392 e. The average Bonchev–Trinajstić information content (AvgIpc) is 3.44. The predicted octanol–water partition coefficient (Wildman–Crippen LogP) is 6.49. The van der Waals surface area contributed by atoms with Crippen molar-refractivity contribution >= 4 is 63.7 Å². The second-order valence-electron chi connectivity index (χ2n) is 13.9. The van der Waals surface area contributed by atoms with E-state index in [9.17, 15) is 33.9 Å². The van der Waals surface area contributed by atoms with Gasteiger partial charge in [0.25, 0.3) is 5.91 Å². The fourth-order valence-corrected chi connectivity index (χ4v) is 6.54. The fourth-order valence-electron chi connectivity index (χ4n) is 6.38. The van der Waals surface area contributed by atoms with Gasteiger partial charge in [0.2, 0.25) is 0 Å². The van der Waals surface area contributed by atoms with Crippen LogP contribution in [-0.2, 0) is 16.2 Å². The van der Waals surface area contributed by atoms with Gasteiger partial charge in [0.1, 0.15) is 22.4 Å². The van der Waals surface area contributed by atoms with Gasteiger partial charge in [-0.2, -0.15) is 0 Å². The van der Waals surface area contributed by atoms with E-state index in [4.69, 9.17) is 11.6 Å². The van der Waals surface area contributed by atoms with Crippen LogP contribution in [-0.4, -0.2) is 63.2 Å². The normalized spacial score (nSPS) is 13.6. The third-order valence-electron chi connectivity index (χ3n) is 9.47. The van der Waals surface area contributed by atoms with Gasteiger partial charge in [-0.1, -0.05) is 49.6 Å². The van der Waals surface area contributed by atoms with Crippen LogP contribution in [0.15, 0.2) is 73.1 Å². The lowest BCUT2D eigenvalue weighted by atomic mass is 9.81. The van der Waals surface area contributed by atoms with Crippen molar-refractivity contribution in [1.29, 1.82) is 0 Å². The molecule has 4 aromatic rings. The summed E-state index contributed by atoms with van der Waals surface area (Å²) in [5, 5.41) is 21.1. The molecule has 0 spiro atoms. The van der Waals surface area contributed by atoms with Crippen molar-refractivity contribution in [2.45, 2.75) is 53.1 Å². The minimum atomic E-state index is -1.13. The number of benzene rings is 2. The standard InChI is InChI=1S/C43H43ClN6O7/c1-25(2)36(53)15-14-32(26(3)52)39-40(54)33-10-7-11-34(38(33)41(39)55)46-17-4-5-18-47-42(56)28-9-6-8-27(20-28)12-13-30-21-31(16-19-45-30)49-43(57)50-35-22-37(44)48-23-29(35)24-51/h6-11,16,19-23,25,32,39,46,51H,4-5,14-15,17-18,24H2,1-3H3,(H,47,56)(H2,45,48,49,50,57). The summed E-state index contributed by atoms with van der Waals surface area (Å²) in [6, 6.07) is 15.9. The minimum absolute atomic E-state index is 0.0153. The fraction of sp³-hybridized carbons (Fsp3) is 0.302. The number of nitrogens with one attached hydrogen (secondary N) is 4. The Labute approximate surface area is 335 Å².